The van der Waals surface area contributed by atoms with Gasteiger partial charge in [0, 0.05) is 11.1 Å². The van der Waals surface area contributed by atoms with Gasteiger partial charge in [-0.25, -0.2) is 9.79 Å². The third-order valence-corrected chi connectivity index (χ3v) is 5.13. The van der Waals surface area contributed by atoms with E-state index in [9.17, 15) is 14.4 Å². The van der Waals surface area contributed by atoms with Gasteiger partial charge in [0.1, 0.15) is 5.75 Å². The number of hydrogen-bond acceptors (Lipinski definition) is 6. The number of benzene rings is 3. The lowest BCUT2D eigenvalue weighted by atomic mass is 10.0. The number of benzodiazepines with no additional fused rings is 1. The molecule has 166 valence electrons. The van der Waals surface area contributed by atoms with Gasteiger partial charge in [-0.3, -0.25) is 9.59 Å². The van der Waals surface area contributed by atoms with E-state index in [4.69, 9.17) is 9.47 Å². The molecule has 0 bridgehead atoms. The first-order valence-electron chi connectivity index (χ1n) is 10.1. The molecule has 1 aliphatic rings. The lowest BCUT2D eigenvalue weighted by molar-refractivity contribution is -0.117. The zero-order valence-electron chi connectivity index (χ0n) is 18.0. The van der Waals surface area contributed by atoms with E-state index in [0.29, 0.717) is 11.4 Å². The fourth-order valence-corrected chi connectivity index (χ4v) is 3.51. The number of rotatable bonds is 5. The van der Waals surface area contributed by atoms with E-state index < -0.39 is 23.9 Å². The lowest BCUT2D eigenvalue weighted by Gasteiger charge is -2.15. The summed E-state index contributed by atoms with van der Waals surface area (Å²) < 4.78 is 9.98. The average Bonchev–Trinajstić information content (AvgIpc) is 2.99. The second-order valence-corrected chi connectivity index (χ2v) is 7.16. The molecule has 1 aliphatic heterocycles. The van der Waals surface area contributed by atoms with Crippen molar-refractivity contribution in [2.75, 3.05) is 19.5 Å². The minimum atomic E-state index is -1.19. The van der Waals surface area contributed by atoms with Gasteiger partial charge in [-0.05, 0) is 24.3 Å². The second-order valence-electron chi connectivity index (χ2n) is 7.16. The molecule has 8 heteroatoms. The number of ether oxygens (including phenoxy) is 2. The Morgan fingerprint density at radius 2 is 1.70 bits per heavy atom. The molecule has 3 aromatic rings. The first-order chi connectivity index (χ1) is 16.0. The summed E-state index contributed by atoms with van der Waals surface area (Å²) in [5.74, 6) is -1.45. The minimum Gasteiger partial charge on any atom is -0.496 e. The summed E-state index contributed by atoms with van der Waals surface area (Å²) in [6.45, 7) is 0. The molecule has 0 spiro atoms. The molecule has 2 N–H and O–H groups in total. The van der Waals surface area contributed by atoms with Gasteiger partial charge in [0.2, 0.25) is 6.17 Å². The molecule has 4 rings (SSSR count). The summed E-state index contributed by atoms with van der Waals surface area (Å²) in [5, 5.41) is 5.49. The monoisotopic (exact) mass is 443 g/mol. The molecular formula is C25H21N3O5. The topological polar surface area (TPSA) is 106 Å². The maximum absolute atomic E-state index is 13.1. The highest BCUT2D eigenvalue weighted by Crippen LogP contribution is 2.25. The number of carbonyl (C=O) groups is 3. The third-order valence-electron chi connectivity index (χ3n) is 5.13. The number of anilines is 1. The molecule has 0 aliphatic carbocycles. The Balaban J connectivity index is 1.70. The van der Waals surface area contributed by atoms with E-state index in [1.807, 2.05) is 48.5 Å². The lowest BCUT2D eigenvalue weighted by Crippen LogP contribution is -2.42. The predicted octanol–water partition coefficient (Wildman–Crippen LogP) is 3.03. The molecule has 3 aromatic carbocycles. The summed E-state index contributed by atoms with van der Waals surface area (Å²) >= 11 is 0. The van der Waals surface area contributed by atoms with Gasteiger partial charge in [-0.1, -0.05) is 48.5 Å². The zero-order valence-corrected chi connectivity index (χ0v) is 18.0. The van der Waals surface area contributed by atoms with E-state index in [0.717, 1.165) is 11.1 Å². The van der Waals surface area contributed by atoms with Gasteiger partial charge >= 0.3 is 5.97 Å². The number of methoxy groups -OCH3 is 2. The smallest absolute Gasteiger partial charge is 0.337 e. The van der Waals surface area contributed by atoms with Crippen LogP contribution in [-0.2, 0) is 9.53 Å². The quantitative estimate of drug-likeness (QED) is 0.590. The number of amides is 2. The van der Waals surface area contributed by atoms with Crippen molar-refractivity contribution in [1.82, 2.24) is 5.32 Å². The van der Waals surface area contributed by atoms with E-state index in [2.05, 4.69) is 15.6 Å². The highest BCUT2D eigenvalue weighted by Gasteiger charge is 2.28. The highest BCUT2D eigenvalue weighted by atomic mass is 16.5. The van der Waals surface area contributed by atoms with E-state index in [1.165, 1.54) is 32.4 Å². The molecule has 1 unspecified atom stereocenters. The number of hydrogen-bond donors (Lipinski definition) is 2. The highest BCUT2D eigenvalue weighted by molar-refractivity contribution is 6.20. The zero-order chi connectivity index (χ0) is 23.4. The van der Waals surface area contributed by atoms with Crippen LogP contribution in [0.15, 0.2) is 77.8 Å². The first-order valence-corrected chi connectivity index (χ1v) is 10.1. The average molecular weight is 443 g/mol. The maximum atomic E-state index is 13.1. The fourth-order valence-electron chi connectivity index (χ4n) is 3.51. The number of esters is 1. The van der Waals surface area contributed by atoms with E-state index in [-0.39, 0.29) is 16.9 Å². The number of carbonyl (C=O) groups excluding carboxylic acids is 3. The van der Waals surface area contributed by atoms with Gasteiger partial charge in [0.05, 0.1) is 36.7 Å². The Morgan fingerprint density at radius 1 is 0.970 bits per heavy atom. The van der Waals surface area contributed by atoms with Crippen LogP contribution >= 0.6 is 0 Å². The van der Waals surface area contributed by atoms with Gasteiger partial charge in [0.25, 0.3) is 11.8 Å². The van der Waals surface area contributed by atoms with Gasteiger partial charge in [-0.2, -0.15) is 0 Å². The Kier molecular flexibility index (Phi) is 6.17. The van der Waals surface area contributed by atoms with Crippen LogP contribution in [0.2, 0.25) is 0 Å². The number of nitrogens with one attached hydrogen (secondary N) is 2. The number of fused-ring (bicyclic) bond motifs is 1. The molecular weight excluding hydrogens is 422 g/mol. The van der Waals surface area contributed by atoms with Crippen molar-refractivity contribution in [3.63, 3.8) is 0 Å². The number of aliphatic imine (C=N–C) groups is 1. The van der Waals surface area contributed by atoms with Crippen molar-refractivity contribution in [3.05, 3.63) is 95.1 Å². The van der Waals surface area contributed by atoms with E-state index >= 15 is 0 Å². The van der Waals surface area contributed by atoms with Crippen LogP contribution in [0.25, 0.3) is 0 Å². The Labute approximate surface area is 190 Å². The number of para-hydroxylation sites is 1. The van der Waals surface area contributed by atoms with Crippen molar-refractivity contribution in [2.45, 2.75) is 6.17 Å². The van der Waals surface area contributed by atoms with Crippen molar-refractivity contribution in [2.24, 2.45) is 4.99 Å². The molecule has 0 saturated carbocycles. The summed E-state index contributed by atoms with van der Waals surface area (Å²) in [6.07, 6.45) is -1.19. The normalized spacial score (nSPS) is 14.8. The molecule has 1 atom stereocenters. The van der Waals surface area contributed by atoms with Crippen molar-refractivity contribution < 1.29 is 23.9 Å². The first kappa shape index (κ1) is 21.8. The molecule has 0 fully saturated rings. The van der Waals surface area contributed by atoms with Gasteiger partial charge in [-0.15, -0.1) is 0 Å². The van der Waals surface area contributed by atoms with Crippen LogP contribution in [0.1, 0.15) is 31.8 Å². The van der Waals surface area contributed by atoms with Crippen LogP contribution < -0.4 is 15.4 Å². The minimum absolute atomic E-state index is 0.149. The Bertz CT molecular complexity index is 1250. The molecule has 0 saturated heterocycles. The summed E-state index contributed by atoms with van der Waals surface area (Å²) in [6, 6.07) is 21.0. The molecule has 1 heterocycles. The Hall–Kier alpha value is -4.46. The molecule has 0 radical (unpaired) electrons. The molecule has 2 amide bonds. The van der Waals surface area contributed by atoms with Crippen LogP contribution in [0.3, 0.4) is 0 Å². The fraction of sp³-hybridized carbons (Fsp3) is 0.120. The maximum Gasteiger partial charge on any atom is 0.337 e. The summed E-state index contributed by atoms with van der Waals surface area (Å²) in [4.78, 5) is 42.4. The summed E-state index contributed by atoms with van der Waals surface area (Å²) in [5.41, 5.74) is 3.10. The predicted molar refractivity (Wildman–Crippen MR) is 123 cm³/mol. The molecule has 8 nitrogen and oxygen atoms in total. The van der Waals surface area contributed by atoms with Gasteiger partial charge in [0.15, 0.2) is 0 Å². The SMILES string of the molecule is COC(=O)c1ccc(C(=O)NC2N=C(c3ccccc3)c3ccccc3NC2=O)c(OC)c1. The van der Waals surface area contributed by atoms with Crippen LogP contribution in [0.4, 0.5) is 5.69 Å². The van der Waals surface area contributed by atoms with Crippen molar-refractivity contribution >= 4 is 29.2 Å². The van der Waals surface area contributed by atoms with Crippen LogP contribution in [-0.4, -0.2) is 43.9 Å². The van der Waals surface area contributed by atoms with E-state index in [1.54, 1.807) is 6.07 Å². The second kappa shape index (κ2) is 9.35. The third kappa shape index (κ3) is 4.45. The molecule has 0 aromatic heterocycles. The van der Waals surface area contributed by atoms with Crippen LogP contribution in [0, 0.1) is 0 Å². The van der Waals surface area contributed by atoms with Crippen molar-refractivity contribution in [1.29, 1.82) is 0 Å². The van der Waals surface area contributed by atoms with Gasteiger partial charge < -0.3 is 20.1 Å². The number of nitrogens with zero attached hydrogens (tertiary/aromatic N) is 1. The molecule has 33 heavy (non-hydrogen) atoms. The Morgan fingerprint density at radius 3 is 2.42 bits per heavy atom. The standard InChI is InChI=1S/C25H21N3O5/c1-32-20-14-16(25(31)33-2)12-13-18(20)23(29)28-22-24(30)26-19-11-7-6-10-17(19)21(27-22)15-8-4-3-5-9-15/h3-14,22H,1-2H3,(H,26,30)(H,28,29). The van der Waals surface area contributed by atoms with Crippen molar-refractivity contribution in [3.8, 4) is 5.75 Å². The largest absolute Gasteiger partial charge is 0.496 e. The summed E-state index contributed by atoms with van der Waals surface area (Å²) in [7, 11) is 2.65. The van der Waals surface area contributed by atoms with Crippen LogP contribution in [0.5, 0.6) is 5.75 Å².